The molecule has 2 aliphatic rings. The number of anilines is 2. The van der Waals surface area contributed by atoms with Crippen LogP contribution in [0, 0.1) is 5.92 Å². The Morgan fingerprint density at radius 2 is 1.37 bits per heavy atom. The van der Waals surface area contributed by atoms with E-state index in [0.717, 1.165) is 35.2 Å². The second-order valence-electron chi connectivity index (χ2n) is 12.1. The Hall–Kier alpha value is -4.43. The van der Waals surface area contributed by atoms with Crippen molar-refractivity contribution >= 4 is 41.4 Å². The minimum absolute atomic E-state index is 0.0946. The van der Waals surface area contributed by atoms with Crippen molar-refractivity contribution in [2.75, 3.05) is 17.2 Å². The van der Waals surface area contributed by atoms with Gasteiger partial charge >= 0.3 is 6.09 Å². The highest BCUT2D eigenvalue weighted by molar-refractivity contribution is 5.97. The van der Waals surface area contributed by atoms with Gasteiger partial charge in [-0.3, -0.25) is 14.5 Å². The minimum atomic E-state index is -0.716. The molecule has 1 saturated carbocycles. The van der Waals surface area contributed by atoms with E-state index < -0.39 is 17.7 Å². The molecule has 1 aliphatic carbocycles. The summed E-state index contributed by atoms with van der Waals surface area (Å²) < 4.78 is 11.7. The Morgan fingerprint density at radius 3 is 1.91 bits per heavy atom. The summed E-state index contributed by atoms with van der Waals surface area (Å²) in [6.45, 7) is 6.28. The van der Waals surface area contributed by atoms with Crippen LogP contribution in [-0.2, 0) is 25.7 Å². The fourth-order valence-corrected chi connectivity index (χ4v) is 5.00. The minimum Gasteiger partial charge on any atom is -0.445 e. The number of rotatable bonds is 9. The van der Waals surface area contributed by atoms with Crippen LogP contribution in [0.5, 0.6) is 0 Å². The van der Waals surface area contributed by atoms with Gasteiger partial charge in [-0.05, 0) is 74.6 Å². The average Bonchev–Trinajstić information content (AvgIpc) is 3.76. The van der Waals surface area contributed by atoms with Crippen LogP contribution in [0.25, 0.3) is 12.2 Å². The second kappa shape index (κ2) is 13.3. The molecule has 0 radical (unpaired) electrons. The molecular formula is C35H39N3O5. The molecule has 2 fully saturated rings. The van der Waals surface area contributed by atoms with Gasteiger partial charge in [0, 0.05) is 23.7 Å². The molecule has 5 rings (SSSR count). The van der Waals surface area contributed by atoms with Crippen LogP contribution in [0.2, 0.25) is 0 Å². The maximum atomic E-state index is 13.4. The molecular weight excluding hydrogens is 542 g/mol. The largest absolute Gasteiger partial charge is 0.445 e. The van der Waals surface area contributed by atoms with Crippen LogP contribution in [0.4, 0.5) is 16.2 Å². The Bertz CT molecular complexity index is 1440. The summed E-state index contributed by atoms with van der Waals surface area (Å²) in [5, 5.41) is 5.91. The average molecular weight is 582 g/mol. The Kier molecular flexibility index (Phi) is 9.26. The lowest BCUT2D eigenvalue weighted by Gasteiger charge is -2.25. The first-order valence-corrected chi connectivity index (χ1v) is 14.8. The molecule has 224 valence electrons. The van der Waals surface area contributed by atoms with Crippen molar-refractivity contribution in [2.24, 2.45) is 5.92 Å². The van der Waals surface area contributed by atoms with E-state index in [0.29, 0.717) is 12.1 Å². The van der Waals surface area contributed by atoms with Crippen molar-refractivity contribution in [1.82, 2.24) is 4.90 Å². The number of amides is 3. The number of ether oxygens (including phenoxy) is 2. The fraction of sp³-hybridized carbons (Fsp3) is 0.343. The molecule has 43 heavy (non-hydrogen) atoms. The third-order valence-corrected chi connectivity index (χ3v) is 7.30. The lowest BCUT2D eigenvalue weighted by molar-refractivity contribution is -0.120. The normalized spacial score (nSPS) is 18.4. The quantitative estimate of drug-likeness (QED) is 0.273. The topological polar surface area (TPSA) is 97.0 Å². The summed E-state index contributed by atoms with van der Waals surface area (Å²) in [5.41, 5.74) is 3.88. The van der Waals surface area contributed by atoms with Crippen LogP contribution in [0.15, 0.2) is 78.9 Å². The summed E-state index contributed by atoms with van der Waals surface area (Å²) in [7, 11) is 0. The Morgan fingerprint density at radius 1 is 0.814 bits per heavy atom. The summed E-state index contributed by atoms with van der Waals surface area (Å²) in [4.78, 5) is 39.9. The number of hydrogen-bond donors (Lipinski definition) is 2. The van der Waals surface area contributed by atoms with E-state index in [9.17, 15) is 14.4 Å². The monoisotopic (exact) mass is 581 g/mol. The highest BCUT2D eigenvalue weighted by Gasteiger charge is 2.42. The lowest BCUT2D eigenvalue weighted by atomic mass is 10.1. The van der Waals surface area contributed by atoms with Crippen LogP contribution >= 0.6 is 0 Å². The third-order valence-electron chi connectivity index (χ3n) is 7.30. The Labute approximate surface area is 253 Å². The van der Waals surface area contributed by atoms with E-state index in [2.05, 4.69) is 10.6 Å². The van der Waals surface area contributed by atoms with Gasteiger partial charge in [-0.15, -0.1) is 0 Å². The number of nitrogens with zero attached hydrogens (tertiary/aromatic N) is 1. The zero-order valence-corrected chi connectivity index (χ0v) is 24.9. The standard InChI is InChI=1S/C35H39N3O5/c1-35(2,3)43-30-21-31(38(22-30)34(41)42-23-26-7-5-4-6-8-26)33(40)37-29-19-13-25(14-20-29)10-9-24-11-17-28(18-12-24)36-32(39)27-15-16-27/h4-14,17-20,27,30-31H,15-16,21-23H2,1-3H3,(H,36,39)(H,37,40)/b10-9+/t30-,31+/m1/s1. The van der Waals surface area contributed by atoms with Gasteiger partial charge in [0.2, 0.25) is 11.8 Å². The van der Waals surface area contributed by atoms with Gasteiger partial charge in [0.25, 0.3) is 0 Å². The highest BCUT2D eigenvalue weighted by Crippen LogP contribution is 2.30. The third kappa shape index (κ3) is 8.78. The molecule has 1 heterocycles. The van der Waals surface area contributed by atoms with Gasteiger partial charge in [0.05, 0.1) is 18.2 Å². The molecule has 3 amide bonds. The van der Waals surface area contributed by atoms with E-state index in [4.69, 9.17) is 9.47 Å². The first kappa shape index (κ1) is 30.0. The molecule has 0 spiro atoms. The van der Waals surface area contributed by atoms with Gasteiger partial charge in [-0.1, -0.05) is 66.7 Å². The molecule has 2 N–H and O–H groups in total. The molecule has 8 nitrogen and oxygen atoms in total. The van der Waals surface area contributed by atoms with Crippen LogP contribution in [-0.4, -0.2) is 47.1 Å². The van der Waals surface area contributed by atoms with Crippen molar-refractivity contribution in [1.29, 1.82) is 0 Å². The number of hydrogen-bond acceptors (Lipinski definition) is 5. The second-order valence-corrected chi connectivity index (χ2v) is 12.1. The predicted molar refractivity (Wildman–Crippen MR) is 168 cm³/mol. The van der Waals surface area contributed by atoms with Gasteiger partial charge in [0.15, 0.2) is 0 Å². The first-order chi connectivity index (χ1) is 20.6. The molecule has 1 saturated heterocycles. The lowest BCUT2D eigenvalue weighted by Crippen LogP contribution is -2.43. The summed E-state index contributed by atoms with van der Waals surface area (Å²) >= 11 is 0. The highest BCUT2D eigenvalue weighted by atomic mass is 16.6. The van der Waals surface area contributed by atoms with Gasteiger partial charge in [0.1, 0.15) is 12.6 Å². The van der Waals surface area contributed by atoms with Crippen molar-refractivity contribution in [3.8, 4) is 0 Å². The zero-order valence-electron chi connectivity index (χ0n) is 24.9. The first-order valence-electron chi connectivity index (χ1n) is 14.8. The maximum absolute atomic E-state index is 13.4. The van der Waals surface area contributed by atoms with Gasteiger partial charge in [-0.2, -0.15) is 0 Å². The zero-order chi connectivity index (χ0) is 30.4. The molecule has 0 unspecified atom stereocenters. The summed E-state index contributed by atoms with van der Waals surface area (Å²) in [5.74, 6) is -0.0174. The molecule has 1 aliphatic heterocycles. The number of nitrogens with one attached hydrogen (secondary N) is 2. The van der Waals surface area contributed by atoms with Gasteiger partial charge < -0.3 is 20.1 Å². The molecule has 0 bridgehead atoms. The van der Waals surface area contributed by atoms with E-state index in [-0.39, 0.29) is 37.0 Å². The van der Waals surface area contributed by atoms with Crippen LogP contribution in [0.3, 0.4) is 0 Å². The van der Waals surface area contributed by atoms with Crippen molar-refractivity contribution in [3.63, 3.8) is 0 Å². The SMILES string of the molecule is CC(C)(C)O[C@@H]1C[C@@H](C(=O)Nc2ccc(/C=C/c3ccc(NC(=O)C4CC4)cc3)cc2)N(C(=O)OCc2ccccc2)C1. The smallest absolute Gasteiger partial charge is 0.410 e. The fourth-order valence-electron chi connectivity index (χ4n) is 5.00. The number of carbonyl (C=O) groups excluding carboxylic acids is 3. The number of carbonyl (C=O) groups is 3. The molecule has 0 aromatic heterocycles. The Balaban J connectivity index is 1.18. The van der Waals surface area contributed by atoms with Crippen molar-refractivity contribution in [2.45, 2.75) is 64.4 Å². The molecule has 3 aromatic rings. The van der Waals surface area contributed by atoms with Gasteiger partial charge in [-0.25, -0.2) is 4.79 Å². The van der Waals surface area contributed by atoms with Crippen LogP contribution in [0.1, 0.15) is 56.7 Å². The molecule has 2 atom stereocenters. The van der Waals surface area contributed by atoms with E-state index in [1.807, 2.05) is 112 Å². The number of likely N-dealkylation sites (tertiary alicyclic amines) is 1. The predicted octanol–water partition coefficient (Wildman–Crippen LogP) is 6.74. The molecule has 3 aromatic carbocycles. The summed E-state index contributed by atoms with van der Waals surface area (Å²) in [6, 6.07) is 24.0. The van der Waals surface area contributed by atoms with E-state index in [1.54, 1.807) is 0 Å². The van der Waals surface area contributed by atoms with E-state index in [1.165, 1.54) is 4.90 Å². The van der Waals surface area contributed by atoms with Crippen molar-refractivity contribution < 1.29 is 23.9 Å². The molecule has 8 heteroatoms. The maximum Gasteiger partial charge on any atom is 0.410 e. The van der Waals surface area contributed by atoms with Crippen LogP contribution < -0.4 is 10.6 Å². The van der Waals surface area contributed by atoms with Crippen molar-refractivity contribution in [3.05, 3.63) is 95.6 Å². The van der Waals surface area contributed by atoms with E-state index >= 15 is 0 Å². The summed E-state index contributed by atoms with van der Waals surface area (Å²) in [6.07, 6.45) is 5.49. The number of benzene rings is 3.